The maximum atomic E-state index is 4.53. The lowest BCUT2D eigenvalue weighted by atomic mass is 10.1. The Morgan fingerprint density at radius 2 is 1.63 bits per heavy atom. The third-order valence-corrected chi connectivity index (χ3v) is 5.22. The Bertz CT molecular complexity index is 924. The van der Waals surface area contributed by atoms with E-state index >= 15 is 0 Å². The first kappa shape index (κ1) is 17.7. The van der Waals surface area contributed by atoms with Crippen LogP contribution in [-0.2, 0) is 6.54 Å². The summed E-state index contributed by atoms with van der Waals surface area (Å²) in [4.78, 5) is 13.8. The van der Waals surface area contributed by atoms with Crippen molar-refractivity contribution in [2.75, 3.05) is 31.1 Å². The van der Waals surface area contributed by atoms with Gasteiger partial charge in [0.15, 0.2) is 5.82 Å². The summed E-state index contributed by atoms with van der Waals surface area (Å²) in [6, 6.07) is 12.7. The number of aromatic nitrogens is 4. The van der Waals surface area contributed by atoms with E-state index in [1.165, 1.54) is 11.1 Å². The summed E-state index contributed by atoms with van der Waals surface area (Å²) in [5, 5.41) is 4.53. The maximum absolute atomic E-state index is 4.53. The number of hydrogen-bond acceptors (Lipinski definition) is 5. The van der Waals surface area contributed by atoms with Crippen LogP contribution in [0.15, 0.2) is 42.7 Å². The van der Waals surface area contributed by atoms with E-state index in [2.05, 4.69) is 62.1 Å². The molecular weight excluding hydrogens is 336 g/mol. The van der Waals surface area contributed by atoms with Crippen LogP contribution in [-0.4, -0.2) is 50.8 Å². The van der Waals surface area contributed by atoms with E-state index in [1.807, 2.05) is 24.6 Å². The van der Waals surface area contributed by atoms with Gasteiger partial charge in [0.25, 0.3) is 0 Å². The van der Waals surface area contributed by atoms with Gasteiger partial charge in [0.1, 0.15) is 12.1 Å². The molecule has 0 bridgehead atoms. The first-order valence-corrected chi connectivity index (χ1v) is 9.47. The van der Waals surface area contributed by atoms with Crippen molar-refractivity contribution >= 4 is 5.82 Å². The number of rotatable bonds is 4. The molecule has 2 aromatic heterocycles. The predicted molar refractivity (Wildman–Crippen MR) is 107 cm³/mol. The third kappa shape index (κ3) is 3.85. The van der Waals surface area contributed by atoms with Gasteiger partial charge in [0.05, 0.1) is 5.69 Å². The number of aryl methyl sites for hydroxylation is 3. The molecule has 6 nitrogen and oxygen atoms in total. The van der Waals surface area contributed by atoms with Gasteiger partial charge in [-0.05, 0) is 38.0 Å². The minimum absolute atomic E-state index is 0.827. The quantitative estimate of drug-likeness (QED) is 0.714. The molecule has 1 aromatic carbocycles. The van der Waals surface area contributed by atoms with Crippen molar-refractivity contribution in [3.63, 3.8) is 0 Å². The zero-order valence-corrected chi connectivity index (χ0v) is 16.3. The van der Waals surface area contributed by atoms with Crippen molar-refractivity contribution in [3.8, 4) is 5.82 Å². The molecule has 27 heavy (non-hydrogen) atoms. The first-order valence-electron chi connectivity index (χ1n) is 9.47. The van der Waals surface area contributed by atoms with Crippen LogP contribution < -0.4 is 4.90 Å². The molecule has 4 rings (SSSR count). The Kier molecular flexibility index (Phi) is 4.90. The third-order valence-electron chi connectivity index (χ3n) is 5.22. The highest BCUT2D eigenvalue weighted by Gasteiger charge is 2.19. The Morgan fingerprint density at radius 3 is 2.33 bits per heavy atom. The lowest BCUT2D eigenvalue weighted by Crippen LogP contribution is -2.46. The van der Waals surface area contributed by atoms with Gasteiger partial charge < -0.3 is 4.90 Å². The lowest BCUT2D eigenvalue weighted by molar-refractivity contribution is 0.249. The van der Waals surface area contributed by atoms with Gasteiger partial charge in [-0.25, -0.2) is 14.6 Å². The molecule has 3 aromatic rings. The maximum Gasteiger partial charge on any atom is 0.159 e. The van der Waals surface area contributed by atoms with Crippen molar-refractivity contribution in [1.29, 1.82) is 0 Å². The van der Waals surface area contributed by atoms with Gasteiger partial charge in [-0.15, -0.1) is 0 Å². The minimum Gasteiger partial charge on any atom is -0.354 e. The normalized spacial score (nSPS) is 15.3. The van der Waals surface area contributed by atoms with Crippen LogP contribution >= 0.6 is 0 Å². The van der Waals surface area contributed by atoms with Gasteiger partial charge in [0, 0.05) is 44.5 Å². The Hall–Kier alpha value is -2.73. The van der Waals surface area contributed by atoms with E-state index in [-0.39, 0.29) is 0 Å². The summed E-state index contributed by atoms with van der Waals surface area (Å²) in [5.41, 5.74) is 4.86. The van der Waals surface area contributed by atoms with Crippen LogP contribution in [0.1, 0.15) is 22.5 Å². The van der Waals surface area contributed by atoms with E-state index in [0.29, 0.717) is 0 Å². The van der Waals surface area contributed by atoms with E-state index in [4.69, 9.17) is 0 Å². The molecule has 0 amide bonds. The fourth-order valence-corrected chi connectivity index (χ4v) is 3.65. The highest BCUT2D eigenvalue weighted by atomic mass is 15.3. The summed E-state index contributed by atoms with van der Waals surface area (Å²) >= 11 is 0. The van der Waals surface area contributed by atoms with Crippen molar-refractivity contribution in [2.45, 2.75) is 27.3 Å². The van der Waals surface area contributed by atoms with Gasteiger partial charge >= 0.3 is 0 Å². The number of piperazine rings is 1. The molecule has 1 fully saturated rings. The van der Waals surface area contributed by atoms with E-state index in [1.54, 1.807) is 6.33 Å². The lowest BCUT2D eigenvalue weighted by Gasteiger charge is -2.35. The number of benzene rings is 1. The number of hydrogen-bond donors (Lipinski definition) is 0. The molecule has 3 heterocycles. The molecule has 0 N–H and O–H groups in total. The molecule has 6 heteroatoms. The second-order valence-corrected chi connectivity index (χ2v) is 7.26. The van der Waals surface area contributed by atoms with Crippen LogP contribution in [0, 0.1) is 20.8 Å². The molecule has 0 aliphatic carbocycles. The van der Waals surface area contributed by atoms with Gasteiger partial charge in [-0.2, -0.15) is 5.10 Å². The zero-order valence-electron chi connectivity index (χ0n) is 16.3. The zero-order chi connectivity index (χ0) is 18.8. The number of anilines is 1. The van der Waals surface area contributed by atoms with Crippen molar-refractivity contribution in [2.24, 2.45) is 0 Å². The van der Waals surface area contributed by atoms with Gasteiger partial charge in [-0.1, -0.05) is 24.3 Å². The monoisotopic (exact) mass is 362 g/mol. The van der Waals surface area contributed by atoms with Crippen molar-refractivity contribution in [1.82, 2.24) is 24.6 Å². The smallest absolute Gasteiger partial charge is 0.159 e. The summed E-state index contributed by atoms with van der Waals surface area (Å²) < 4.78 is 1.88. The van der Waals surface area contributed by atoms with E-state index < -0.39 is 0 Å². The summed E-state index contributed by atoms with van der Waals surface area (Å²) in [7, 11) is 0. The molecule has 0 unspecified atom stereocenters. The largest absolute Gasteiger partial charge is 0.354 e. The van der Waals surface area contributed by atoms with Crippen LogP contribution in [0.5, 0.6) is 0 Å². The highest BCUT2D eigenvalue weighted by molar-refractivity contribution is 5.44. The average molecular weight is 362 g/mol. The average Bonchev–Trinajstić information content (AvgIpc) is 3.02. The molecule has 1 aliphatic heterocycles. The van der Waals surface area contributed by atoms with Crippen molar-refractivity contribution in [3.05, 3.63) is 65.2 Å². The number of nitrogens with zero attached hydrogens (tertiary/aromatic N) is 6. The molecule has 140 valence electrons. The summed E-state index contributed by atoms with van der Waals surface area (Å²) in [6.07, 6.45) is 1.64. The van der Waals surface area contributed by atoms with Gasteiger partial charge in [0.2, 0.25) is 0 Å². The molecule has 1 aliphatic rings. The van der Waals surface area contributed by atoms with Crippen LogP contribution in [0.25, 0.3) is 5.82 Å². The molecule has 0 spiro atoms. The minimum atomic E-state index is 0.827. The van der Waals surface area contributed by atoms with E-state index in [9.17, 15) is 0 Å². The Labute approximate surface area is 160 Å². The molecule has 1 saturated heterocycles. The van der Waals surface area contributed by atoms with Crippen LogP contribution in [0.2, 0.25) is 0 Å². The van der Waals surface area contributed by atoms with Crippen molar-refractivity contribution < 1.29 is 0 Å². The molecular formula is C21H26N6. The topological polar surface area (TPSA) is 50.1 Å². The second-order valence-electron chi connectivity index (χ2n) is 7.26. The molecule has 0 atom stereocenters. The standard InChI is InChI=1S/C21H26N6/c1-16-6-4-5-7-19(16)14-25-8-10-26(11-9-25)20-13-21(23-15-22-20)27-18(3)12-17(2)24-27/h4-7,12-13,15H,8-11,14H2,1-3H3. The summed E-state index contributed by atoms with van der Waals surface area (Å²) in [6.45, 7) is 11.3. The van der Waals surface area contributed by atoms with Crippen LogP contribution in [0.4, 0.5) is 5.82 Å². The first-order chi connectivity index (χ1) is 13.1. The molecule has 0 radical (unpaired) electrons. The SMILES string of the molecule is Cc1cc(C)n(-c2cc(N3CCN(Cc4ccccc4C)CC3)ncn2)n1. The van der Waals surface area contributed by atoms with Gasteiger partial charge in [-0.3, -0.25) is 4.90 Å². The van der Waals surface area contributed by atoms with Crippen LogP contribution in [0.3, 0.4) is 0 Å². The fraction of sp³-hybridized carbons (Fsp3) is 0.381. The molecule has 0 saturated carbocycles. The summed E-state index contributed by atoms with van der Waals surface area (Å²) in [5.74, 6) is 1.80. The predicted octanol–water partition coefficient (Wildman–Crippen LogP) is 2.91. The highest BCUT2D eigenvalue weighted by Crippen LogP contribution is 2.19. The Balaban J connectivity index is 1.43. The Morgan fingerprint density at radius 1 is 0.889 bits per heavy atom. The fourth-order valence-electron chi connectivity index (χ4n) is 3.65. The second kappa shape index (κ2) is 7.48. The van der Waals surface area contributed by atoms with E-state index in [0.717, 1.165) is 55.7 Å².